The van der Waals surface area contributed by atoms with Crippen LogP contribution in [0, 0.1) is 0 Å². The highest BCUT2D eigenvalue weighted by atomic mass is 16.5. The van der Waals surface area contributed by atoms with Gasteiger partial charge >= 0.3 is 0 Å². The molecule has 0 saturated heterocycles. The van der Waals surface area contributed by atoms with Crippen molar-refractivity contribution in [3.8, 4) is 5.75 Å². The van der Waals surface area contributed by atoms with Gasteiger partial charge in [-0.2, -0.15) is 0 Å². The van der Waals surface area contributed by atoms with Crippen molar-refractivity contribution in [3.63, 3.8) is 0 Å². The first kappa shape index (κ1) is 15.3. The Morgan fingerprint density at radius 1 is 1.47 bits per heavy atom. The third-order valence-corrected chi connectivity index (χ3v) is 2.74. The summed E-state index contributed by atoms with van der Waals surface area (Å²) in [7, 11) is 1.50. The van der Waals surface area contributed by atoms with Crippen molar-refractivity contribution < 1.29 is 14.6 Å². The summed E-state index contributed by atoms with van der Waals surface area (Å²) in [6.07, 6.45) is 0. The maximum absolute atomic E-state index is 12.5. The fourth-order valence-electron chi connectivity index (χ4n) is 1.90. The molecular weight excluding hydrogens is 244 g/mol. The van der Waals surface area contributed by atoms with Crippen molar-refractivity contribution in [2.24, 2.45) is 0 Å². The van der Waals surface area contributed by atoms with Crippen LogP contribution in [0.3, 0.4) is 0 Å². The Hall–Kier alpha value is -1.75. The van der Waals surface area contributed by atoms with Crippen LogP contribution in [0.15, 0.2) is 18.2 Å². The lowest BCUT2D eigenvalue weighted by Crippen LogP contribution is -2.42. The number of nitrogens with two attached hydrogens (primary N) is 1. The van der Waals surface area contributed by atoms with Gasteiger partial charge in [0.15, 0.2) is 0 Å². The van der Waals surface area contributed by atoms with Gasteiger partial charge in [0.25, 0.3) is 5.91 Å². The SMILES string of the molecule is CCN(CC(C)(C)O)C(=O)c1c(N)cccc1OC. The molecule has 0 aliphatic heterocycles. The summed E-state index contributed by atoms with van der Waals surface area (Å²) in [5, 5.41) is 9.85. The second kappa shape index (κ2) is 5.93. The summed E-state index contributed by atoms with van der Waals surface area (Å²) < 4.78 is 5.18. The Morgan fingerprint density at radius 3 is 2.58 bits per heavy atom. The van der Waals surface area contributed by atoms with Crippen LogP contribution in [-0.4, -0.2) is 41.7 Å². The van der Waals surface area contributed by atoms with Crippen LogP contribution in [0.1, 0.15) is 31.1 Å². The van der Waals surface area contributed by atoms with E-state index >= 15 is 0 Å². The number of benzene rings is 1. The zero-order chi connectivity index (χ0) is 14.6. The number of ether oxygens (including phenoxy) is 1. The average Bonchev–Trinajstić information content (AvgIpc) is 2.33. The lowest BCUT2D eigenvalue weighted by molar-refractivity contribution is 0.0313. The van der Waals surface area contributed by atoms with E-state index in [1.54, 1.807) is 36.9 Å². The molecule has 0 bridgehead atoms. The number of carbonyl (C=O) groups is 1. The standard InChI is InChI=1S/C14H22N2O3/c1-5-16(9-14(2,3)18)13(17)12-10(15)7-6-8-11(12)19-4/h6-8,18H,5,9,15H2,1-4H3. The Balaban J connectivity index is 3.11. The summed E-state index contributed by atoms with van der Waals surface area (Å²) >= 11 is 0. The topological polar surface area (TPSA) is 75.8 Å². The lowest BCUT2D eigenvalue weighted by atomic mass is 10.1. The molecule has 0 aliphatic carbocycles. The number of hydrogen-bond acceptors (Lipinski definition) is 4. The number of aliphatic hydroxyl groups is 1. The number of rotatable bonds is 5. The van der Waals surface area contributed by atoms with Gasteiger partial charge in [-0.15, -0.1) is 0 Å². The number of amides is 1. The molecule has 0 spiro atoms. The van der Waals surface area contributed by atoms with E-state index in [0.717, 1.165) is 0 Å². The lowest BCUT2D eigenvalue weighted by Gasteiger charge is -2.29. The van der Waals surface area contributed by atoms with Gasteiger partial charge in [0.2, 0.25) is 0 Å². The molecule has 19 heavy (non-hydrogen) atoms. The molecule has 3 N–H and O–H groups in total. The highest BCUT2D eigenvalue weighted by molar-refractivity contribution is 6.01. The minimum Gasteiger partial charge on any atom is -0.496 e. The van der Waals surface area contributed by atoms with Crippen molar-refractivity contribution in [1.82, 2.24) is 4.90 Å². The number of carbonyl (C=O) groups excluding carboxylic acids is 1. The average molecular weight is 266 g/mol. The van der Waals surface area contributed by atoms with Crippen LogP contribution in [0.2, 0.25) is 0 Å². The van der Waals surface area contributed by atoms with Gasteiger partial charge in [-0.05, 0) is 32.9 Å². The summed E-state index contributed by atoms with van der Waals surface area (Å²) in [6.45, 7) is 5.90. The predicted octanol–water partition coefficient (Wildman–Crippen LogP) is 1.51. The smallest absolute Gasteiger partial charge is 0.259 e. The van der Waals surface area contributed by atoms with E-state index in [-0.39, 0.29) is 12.5 Å². The van der Waals surface area contributed by atoms with E-state index in [1.165, 1.54) is 7.11 Å². The van der Waals surface area contributed by atoms with E-state index in [2.05, 4.69) is 0 Å². The first-order chi connectivity index (χ1) is 8.80. The Bertz CT molecular complexity index is 452. The maximum Gasteiger partial charge on any atom is 0.259 e. The highest BCUT2D eigenvalue weighted by Gasteiger charge is 2.25. The summed E-state index contributed by atoms with van der Waals surface area (Å²) in [6, 6.07) is 5.09. The molecule has 5 nitrogen and oxygen atoms in total. The van der Waals surface area contributed by atoms with E-state index < -0.39 is 5.60 Å². The molecular formula is C14H22N2O3. The first-order valence-corrected chi connectivity index (χ1v) is 6.24. The molecule has 1 rings (SSSR count). The van der Waals surface area contributed by atoms with Crippen LogP contribution in [0.4, 0.5) is 5.69 Å². The number of anilines is 1. The fraction of sp³-hybridized carbons (Fsp3) is 0.500. The first-order valence-electron chi connectivity index (χ1n) is 6.24. The summed E-state index contributed by atoms with van der Waals surface area (Å²) in [5.74, 6) is 0.207. The van der Waals surface area contributed by atoms with Gasteiger partial charge in [-0.3, -0.25) is 4.79 Å². The molecule has 106 valence electrons. The number of nitrogens with zero attached hydrogens (tertiary/aromatic N) is 1. The summed E-state index contributed by atoms with van der Waals surface area (Å²) in [5.41, 5.74) is 5.63. The van der Waals surface area contributed by atoms with Crippen LogP contribution < -0.4 is 10.5 Å². The van der Waals surface area contributed by atoms with Crippen LogP contribution in [0.5, 0.6) is 5.75 Å². The number of methoxy groups -OCH3 is 1. The van der Waals surface area contributed by atoms with E-state index in [9.17, 15) is 9.90 Å². The van der Waals surface area contributed by atoms with E-state index in [1.807, 2.05) is 6.92 Å². The number of hydrogen-bond donors (Lipinski definition) is 2. The van der Waals surface area contributed by atoms with Crippen LogP contribution in [0.25, 0.3) is 0 Å². The molecule has 1 aromatic rings. The Kier molecular flexibility index (Phi) is 4.78. The predicted molar refractivity (Wildman–Crippen MR) is 75.3 cm³/mol. The van der Waals surface area contributed by atoms with Gasteiger partial charge in [-0.1, -0.05) is 6.07 Å². The minimum atomic E-state index is -0.956. The quantitative estimate of drug-likeness (QED) is 0.792. The van der Waals surface area contributed by atoms with E-state index in [0.29, 0.717) is 23.5 Å². The number of likely N-dealkylation sites (N-methyl/N-ethyl adjacent to an activating group) is 1. The monoisotopic (exact) mass is 266 g/mol. The molecule has 0 aliphatic rings. The molecule has 0 atom stereocenters. The second-order valence-electron chi connectivity index (χ2n) is 5.06. The maximum atomic E-state index is 12.5. The van der Waals surface area contributed by atoms with Gasteiger partial charge in [-0.25, -0.2) is 0 Å². The van der Waals surface area contributed by atoms with Crippen molar-refractivity contribution >= 4 is 11.6 Å². The zero-order valence-corrected chi connectivity index (χ0v) is 11.9. The Labute approximate surface area is 114 Å². The van der Waals surface area contributed by atoms with Gasteiger partial charge < -0.3 is 20.5 Å². The van der Waals surface area contributed by atoms with Gasteiger partial charge in [0, 0.05) is 18.8 Å². The molecule has 0 fully saturated rings. The molecule has 0 heterocycles. The van der Waals surface area contributed by atoms with Crippen molar-refractivity contribution in [2.75, 3.05) is 25.9 Å². The van der Waals surface area contributed by atoms with Crippen molar-refractivity contribution in [3.05, 3.63) is 23.8 Å². The van der Waals surface area contributed by atoms with Crippen LogP contribution >= 0.6 is 0 Å². The molecule has 5 heteroatoms. The Morgan fingerprint density at radius 2 is 2.11 bits per heavy atom. The molecule has 0 aromatic heterocycles. The van der Waals surface area contributed by atoms with E-state index in [4.69, 9.17) is 10.5 Å². The molecule has 1 aromatic carbocycles. The minimum absolute atomic E-state index is 0.236. The van der Waals surface area contributed by atoms with Gasteiger partial charge in [0.05, 0.1) is 12.7 Å². The highest BCUT2D eigenvalue weighted by Crippen LogP contribution is 2.26. The number of nitrogen functional groups attached to an aromatic ring is 1. The van der Waals surface area contributed by atoms with Crippen molar-refractivity contribution in [2.45, 2.75) is 26.4 Å². The molecule has 0 radical (unpaired) electrons. The zero-order valence-electron chi connectivity index (χ0n) is 11.9. The molecule has 1 amide bonds. The second-order valence-corrected chi connectivity index (χ2v) is 5.06. The third kappa shape index (κ3) is 3.86. The summed E-state index contributed by atoms with van der Waals surface area (Å²) in [4.78, 5) is 14.1. The van der Waals surface area contributed by atoms with Gasteiger partial charge in [0.1, 0.15) is 11.3 Å². The van der Waals surface area contributed by atoms with Crippen LogP contribution in [-0.2, 0) is 0 Å². The third-order valence-electron chi connectivity index (χ3n) is 2.74. The normalized spacial score (nSPS) is 11.2. The molecule has 0 saturated carbocycles. The largest absolute Gasteiger partial charge is 0.496 e. The fourth-order valence-corrected chi connectivity index (χ4v) is 1.90. The van der Waals surface area contributed by atoms with Crippen molar-refractivity contribution in [1.29, 1.82) is 0 Å². The molecule has 0 unspecified atom stereocenters.